The summed E-state index contributed by atoms with van der Waals surface area (Å²) in [7, 11) is 0. The van der Waals surface area contributed by atoms with Gasteiger partial charge in [0.05, 0.1) is 15.7 Å². The van der Waals surface area contributed by atoms with Crippen molar-refractivity contribution in [2.24, 2.45) is 0 Å². The Hall–Kier alpha value is -1.30. The van der Waals surface area contributed by atoms with Gasteiger partial charge >= 0.3 is 0 Å². The number of halogens is 2. The lowest BCUT2D eigenvalue weighted by Crippen LogP contribution is -2.30. The van der Waals surface area contributed by atoms with Crippen LogP contribution in [0.15, 0.2) is 23.6 Å². The molecule has 0 saturated carbocycles. The van der Waals surface area contributed by atoms with Crippen LogP contribution in [-0.2, 0) is 16.6 Å². The van der Waals surface area contributed by atoms with Gasteiger partial charge in [-0.15, -0.1) is 11.3 Å². The van der Waals surface area contributed by atoms with Crippen molar-refractivity contribution in [3.63, 3.8) is 0 Å². The number of carbonyl (C=O) groups is 1. The van der Waals surface area contributed by atoms with Crippen molar-refractivity contribution in [1.82, 2.24) is 10.3 Å². The molecule has 4 nitrogen and oxygen atoms in total. The SMILES string of the molecule is CC(C)(C)c1csc(CCNC(=O)COc2ccc(Cl)cc2Cl)n1. The number of nitrogens with one attached hydrogen (secondary N) is 1. The molecule has 0 fully saturated rings. The third kappa shape index (κ3) is 5.65. The predicted octanol–water partition coefficient (Wildman–Crippen LogP) is 4.49. The average Bonchev–Trinajstić information content (AvgIpc) is 2.95. The predicted molar refractivity (Wildman–Crippen MR) is 99.5 cm³/mol. The molecule has 0 saturated heterocycles. The maximum Gasteiger partial charge on any atom is 0.257 e. The second-order valence-corrected chi connectivity index (χ2v) is 8.13. The first-order chi connectivity index (χ1) is 11.3. The van der Waals surface area contributed by atoms with Crippen LogP contribution in [0.4, 0.5) is 0 Å². The van der Waals surface area contributed by atoms with Gasteiger partial charge in [0.2, 0.25) is 0 Å². The molecule has 0 aliphatic carbocycles. The van der Waals surface area contributed by atoms with Crippen LogP contribution in [0.2, 0.25) is 10.0 Å². The Kier molecular flexibility index (Phi) is 6.49. The summed E-state index contributed by atoms with van der Waals surface area (Å²) >= 11 is 13.4. The first-order valence-corrected chi connectivity index (χ1v) is 9.18. The number of ether oxygens (including phenoxy) is 1. The number of thiazole rings is 1. The van der Waals surface area contributed by atoms with Crippen molar-refractivity contribution in [2.75, 3.05) is 13.2 Å². The van der Waals surface area contributed by atoms with Crippen molar-refractivity contribution in [2.45, 2.75) is 32.6 Å². The van der Waals surface area contributed by atoms with Crippen molar-refractivity contribution in [3.05, 3.63) is 44.3 Å². The fourth-order valence-electron chi connectivity index (χ4n) is 1.87. The van der Waals surface area contributed by atoms with Gasteiger partial charge in [-0.1, -0.05) is 44.0 Å². The fourth-order valence-corrected chi connectivity index (χ4v) is 3.35. The third-order valence-corrected chi connectivity index (χ3v) is 4.67. The van der Waals surface area contributed by atoms with Gasteiger partial charge in [0, 0.05) is 28.8 Å². The van der Waals surface area contributed by atoms with Crippen LogP contribution in [0.5, 0.6) is 5.75 Å². The highest BCUT2D eigenvalue weighted by atomic mass is 35.5. The van der Waals surface area contributed by atoms with Crippen molar-refractivity contribution < 1.29 is 9.53 Å². The Labute approximate surface area is 156 Å². The number of hydrogen-bond acceptors (Lipinski definition) is 4. The molecule has 1 N–H and O–H groups in total. The van der Waals surface area contributed by atoms with E-state index in [1.165, 1.54) is 0 Å². The smallest absolute Gasteiger partial charge is 0.257 e. The van der Waals surface area contributed by atoms with Gasteiger partial charge in [0.25, 0.3) is 5.91 Å². The van der Waals surface area contributed by atoms with Crippen LogP contribution < -0.4 is 10.1 Å². The molecule has 2 aromatic rings. The highest BCUT2D eigenvalue weighted by molar-refractivity contribution is 7.09. The van der Waals surface area contributed by atoms with E-state index in [2.05, 4.69) is 36.5 Å². The first-order valence-electron chi connectivity index (χ1n) is 7.55. The zero-order valence-electron chi connectivity index (χ0n) is 13.9. The monoisotopic (exact) mass is 386 g/mol. The normalized spacial score (nSPS) is 11.4. The minimum absolute atomic E-state index is 0.0453. The van der Waals surface area contributed by atoms with E-state index in [0.29, 0.717) is 28.8 Å². The Balaban J connectivity index is 1.74. The van der Waals surface area contributed by atoms with E-state index in [1.807, 2.05) is 0 Å². The Morgan fingerprint density at radius 2 is 2.08 bits per heavy atom. The molecule has 1 heterocycles. The van der Waals surface area contributed by atoms with Crippen LogP contribution in [0.25, 0.3) is 0 Å². The Morgan fingerprint density at radius 3 is 2.71 bits per heavy atom. The molecule has 0 radical (unpaired) electrons. The molecular formula is C17H20Cl2N2O2S. The summed E-state index contributed by atoms with van der Waals surface area (Å²) in [6.07, 6.45) is 0.703. The summed E-state index contributed by atoms with van der Waals surface area (Å²) in [6.45, 7) is 6.83. The number of carbonyl (C=O) groups excluding carboxylic acids is 1. The standard InChI is InChI=1S/C17H20Cl2N2O2S/c1-17(2,3)14-10-24-16(21-14)6-7-20-15(22)9-23-13-5-4-11(18)8-12(13)19/h4-5,8,10H,6-7,9H2,1-3H3,(H,20,22). The van der Waals surface area contributed by atoms with Gasteiger partial charge in [0.1, 0.15) is 5.75 Å². The van der Waals surface area contributed by atoms with Crippen molar-refractivity contribution >= 4 is 40.4 Å². The van der Waals surface area contributed by atoms with E-state index in [-0.39, 0.29) is 17.9 Å². The van der Waals surface area contributed by atoms with Gasteiger partial charge < -0.3 is 10.1 Å². The van der Waals surface area contributed by atoms with Gasteiger partial charge in [-0.05, 0) is 18.2 Å². The largest absolute Gasteiger partial charge is 0.482 e. The number of amides is 1. The molecule has 7 heteroatoms. The van der Waals surface area contributed by atoms with Gasteiger partial charge in [0.15, 0.2) is 6.61 Å². The number of hydrogen-bond donors (Lipinski definition) is 1. The Bertz CT molecular complexity index is 711. The molecule has 0 bridgehead atoms. The number of benzene rings is 1. The lowest BCUT2D eigenvalue weighted by molar-refractivity contribution is -0.123. The van der Waals surface area contributed by atoms with Gasteiger partial charge in [-0.25, -0.2) is 4.98 Å². The molecule has 1 aromatic heterocycles. The maximum absolute atomic E-state index is 11.8. The van der Waals surface area contributed by atoms with E-state index in [4.69, 9.17) is 27.9 Å². The van der Waals surface area contributed by atoms with Gasteiger partial charge in [-0.3, -0.25) is 4.79 Å². The molecular weight excluding hydrogens is 367 g/mol. The zero-order chi connectivity index (χ0) is 17.7. The van der Waals surface area contributed by atoms with Crippen LogP contribution in [0.3, 0.4) is 0 Å². The zero-order valence-corrected chi connectivity index (χ0v) is 16.2. The fraction of sp³-hybridized carbons (Fsp3) is 0.412. The minimum Gasteiger partial charge on any atom is -0.482 e. The van der Waals surface area contributed by atoms with Gasteiger partial charge in [-0.2, -0.15) is 0 Å². The van der Waals surface area contributed by atoms with E-state index in [9.17, 15) is 4.79 Å². The lowest BCUT2D eigenvalue weighted by atomic mass is 9.93. The highest BCUT2D eigenvalue weighted by Gasteiger charge is 2.17. The lowest BCUT2D eigenvalue weighted by Gasteiger charge is -2.14. The van der Waals surface area contributed by atoms with Crippen LogP contribution in [0, 0.1) is 0 Å². The summed E-state index contributed by atoms with van der Waals surface area (Å²) in [5.74, 6) is 0.236. The third-order valence-electron chi connectivity index (χ3n) is 3.23. The van der Waals surface area contributed by atoms with E-state index in [0.717, 1.165) is 10.7 Å². The molecule has 0 atom stereocenters. The molecule has 0 aliphatic heterocycles. The molecule has 1 amide bonds. The van der Waals surface area contributed by atoms with E-state index in [1.54, 1.807) is 29.5 Å². The molecule has 0 aliphatic rings. The second-order valence-electron chi connectivity index (χ2n) is 6.34. The number of aromatic nitrogens is 1. The molecule has 2 rings (SSSR count). The van der Waals surface area contributed by atoms with Crippen LogP contribution in [0.1, 0.15) is 31.5 Å². The minimum atomic E-state index is -0.200. The summed E-state index contributed by atoms with van der Waals surface area (Å²) in [6, 6.07) is 4.88. The molecule has 0 spiro atoms. The summed E-state index contributed by atoms with van der Waals surface area (Å²) in [5, 5.41) is 6.81. The first kappa shape index (κ1) is 19.0. The average molecular weight is 387 g/mol. The van der Waals surface area contributed by atoms with Crippen molar-refractivity contribution in [3.8, 4) is 5.75 Å². The molecule has 24 heavy (non-hydrogen) atoms. The number of nitrogens with zero attached hydrogens (tertiary/aromatic N) is 1. The molecule has 0 unspecified atom stereocenters. The molecule has 130 valence electrons. The topological polar surface area (TPSA) is 51.2 Å². The highest BCUT2D eigenvalue weighted by Crippen LogP contribution is 2.27. The summed E-state index contributed by atoms with van der Waals surface area (Å²) in [4.78, 5) is 16.4. The number of rotatable bonds is 6. The quantitative estimate of drug-likeness (QED) is 0.795. The second kappa shape index (κ2) is 8.19. The Morgan fingerprint density at radius 1 is 1.33 bits per heavy atom. The molecule has 1 aromatic carbocycles. The maximum atomic E-state index is 11.8. The summed E-state index contributed by atoms with van der Waals surface area (Å²) < 4.78 is 5.39. The van der Waals surface area contributed by atoms with Crippen molar-refractivity contribution in [1.29, 1.82) is 0 Å². The van der Waals surface area contributed by atoms with E-state index >= 15 is 0 Å². The van der Waals surface area contributed by atoms with Crippen LogP contribution >= 0.6 is 34.5 Å². The van der Waals surface area contributed by atoms with Crippen LogP contribution in [-0.4, -0.2) is 24.0 Å². The summed E-state index contributed by atoms with van der Waals surface area (Å²) in [5.41, 5.74) is 1.12. The van der Waals surface area contributed by atoms with E-state index < -0.39 is 0 Å².